The summed E-state index contributed by atoms with van der Waals surface area (Å²) in [6, 6.07) is -0.786. The molecular formula is C14H22N2O3. The van der Waals surface area contributed by atoms with Gasteiger partial charge in [0.1, 0.15) is 6.04 Å². The first-order valence-corrected chi connectivity index (χ1v) is 6.93. The number of amides is 2. The van der Waals surface area contributed by atoms with Crippen LogP contribution in [0.2, 0.25) is 0 Å². The molecule has 0 aliphatic carbocycles. The molecule has 2 heterocycles. The van der Waals surface area contributed by atoms with Crippen LogP contribution >= 0.6 is 0 Å². The van der Waals surface area contributed by atoms with Gasteiger partial charge in [-0.1, -0.05) is 18.6 Å². The lowest BCUT2D eigenvalue weighted by Gasteiger charge is -2.39. The molecule has 2 amide bonds. The van der Waals surface area contributed by atoms with Gasteiger partial charge >= 0.3 is 12.0 Å². The predicted octanol–water partition coefficient (Wildman–Crippen LogP) is 1.94. The van der Waals surface area contributed by atoms with E-state index in [2.05, 4.69) is 6.92 Å². The van der Waals surface area contributed by atoms with E-state index in [-0.39, 0.29) is 6.03 Å². The van der Waals surface area contributed by atoms with Gasteiger partial charge < -0.3 is 14.9 Å². The number of hydrogen-bond donors (Lipinski definition) is 1. The standard InChI is InChI=1S/C14H22N2O3/c1-10-3-6-15(7-4-10)14(19)16-8-5-11(2)9-12(16)13(17)18/h3,11-12H,4-9H2,1-2H3,(H,17,18). The van der Waals surface area contributed by atoms with Crippen LogP contribution in [0.3, 0.4) is 0 Å². The molecule has 2 aliphatic rings. The van der Waals surface area contributed by atoms with Gasteiger partial charge in [-0.2, -0.15) is 0 Å². The van der Waals surface area contributed by atoms with Crippen LogP contribution in [0.1, 0.15) is 33.1 Å². The van der Waals surface area contributed by atoms with Crippen molar-refractivity contribution in [1.29, 1.82) is 0 Å². The Labute approximate surface area is 113 Å². The first-order valence-electron chi connectivity index (χ1n) is 6.93. The summed E-state index contributed by atoms with van der Waals surface area (Å²) in [5, 5.41) is 9.29. The highest BCUT2D eigenvalue weighted by Crippen LogP contribution is 2.24. The second-order valence-corrected chi connectivity index (χ2v) is 5.71. The summed E-state index contributed by atoms with van der Waals surface area (Å²) >= 11 is 0. The molecule has 0 spiro atoms. The third-order valence-electron chi connectivity index (χ3n) is 4.10. The van der Waals surface area contributed by atoms with Crippen molar-refractivity contribution >= 4 is 12.0 Å². The Morgan fingerprint density at radius 2 is 2.11 bits per heavy atom. The van der Waals surface area contributed by atoms with E-state index in [1.54, 1.807) is 4.90 Å². The zero-order chi connectivity index (χ0) is 14.0. The Hall–Kier alpha value is -1.52. The molecule has 2 unspecified atom stereocenters. The van der Waals surface area contributed by atoms with Crippen molar-refractivity contribution in [3.8, 4) is 0 Å². The van der Waals surface area contributed by atoms with Gasteiger partial charge in [0.05, 0.1) is 0 Å². The van der Waals surface area contributed by atoms with Crippen LogP contribution in [-0.4, -0.2) is 52.6 Å². The minimum absolute atomic E-state index is 0.122. The fraction of sp³-hybridized carbons (Fsp3) is 0.714. The smallest absolute Gasteiger partial charge is 0.326 e. The second-order valence-electron chi connectivity index (χ2n) is 5.71. The molecule has 2 rings (SSSR count). The van der Waals surface area contributed by atoms with Crippen LogP contribution in [0.15, 0.2) is 11.6 Å². The number of carbonyl (C=O) groups is 2. The first-order chi connectivity index (χ1) is 8.99. The zero-order valence-electron chi connectivity index (χ0n) is 11.6. The van der Waals surface area contributed by atoms with Gasteiger partial charge in [0.15, 0.2) is 0 Å². The topological polar surface area (TPSA) is 60.9 Å². The quantitative estimate of drug-likeness (QED) is 0.738. The van der Waals surface area contributed by atoms with Gasteiger partial charge in [-0.25, -0.2) is 9.59 Å². The van der Waals surface area contributed by atoms with Crippen LogP contribution in [0, 0.1) is 5.92 Å². The van der Waals surface area contributed by atoms with Crippen molar-refractivity contribution in [3.63, 3.8) is 0 Å². The predicted molar refractivity (Wildman–Crippen MR) is 71.9 cm³/mol. The molecule has 0 saturated carbocycles. The highest BCUT2D eigenvalue weighted by atomic mass is 16.4. The van der Waals surface area contributed by atoms with Gasteiger partial charge in [-0.3, -0.25) is 0 Å². The molecule has 0 aromatic rings. The maximum absolute atomic E-state index is 12.4. The molecule has 19 heavy (non-hydrogen) atoms. The molecule has 0 aromatic heterocycles. The van der Waals surface area contributed by atoms with Crippen molar-refractivity contribution in [2.75, 3.05) is 19.6 Å². The van der Waals surface area contributed by atoms with Gasteiger partial charge in [0.25, 0.3) is 0 Å². The van der Waals surface area contributed by atoms with Gasteiger partial charge in [0.2, 0.25) is 0 Å². The largest absolute Gasteiger partial charge is 0.480 e. The Bertz CT molecular complexity index is 405. The molecule has 0 bridgehead atoms. The maximum atomic E-state index is 12.4. The molecule has 106 valence electrons. The Balaban J connectivity index is 2.06. The normalized spacial score (nSPS) is 28.0. The van der Waals surface area contributed by atoms with E-state index in [0.717, 1.165) is 12.8 Å². The number of likely N-dealkylation sites (tertiary alicyclic amines) is 1. The summed E-state index contributed by atoms with van der Waals surface area (Å²) in [6.45, 7) is 5.95. The number of carboxylic acids is 1. The minimum Gasteiger partial charge on any atom is -0.480 e. The summed E-state index contributed by atoms with van der Waals surface area (Å²) in [4.78, 5) is 27.1. The number of nitrogens with zero attached hydrogens (tertiary/aromatic N) is 2. The Morgan fingerprint density at radius 3 is 2.68 bits per heavy atom. The summed E-state index contributed by atoms with van der Waals surface area (Å²) in [5.74, 6) is -0.516. The molecule has 5 heteroatoms. The van der Waals surface area contributed by atoms with Crippen LogP contribution in [0.4, 0.5) is 4.79 Å². The number of aliphatic carboxylic acids is 1. The first kappa shape index (κ1) is 13.9. The van der Waals surface area contributed by atoms with E-state index >= 15 is 0 Å². The number of carboxylic acid groups (broad SMARTS) is 1. The summed E-state index contributed by atoms with van der Waals surface area (Å²) in [7, 11) is 0. The van der Waals surface area contributed by atoms with E-state index in [1.807, 2.05) is 13.0 Å². The molecule has 1 saturated heterocycles. The number of hydrogen-bond acceptors (Lipinski definition) is 2. The number of carbonyl (C=O) groups excluding carboxylic acids is 1. The van der Waals surface area contributed by atoms with Crippen molar-refractivity contribution in [2.45, 2.75) is 39.2 Å². The molecule has 5 nitrogen and oxygen atoms in total. The number of urea groups is 1. The number of rotatable bonds is 1. The number of piperidine rings is 1. The minimum atomic E-state index is -0.886. The summed E-state index contributed by atoms with van der Waals surface area (Å²) in [5.41, 5.74) is 1.30. The van der Waals surface area contributed by atoms with Gasteiger partial charge in [-0.05, 0) is 32.1 Å². The third-order valence-corrected chi connectivity index (χ3v) is 4.10. The Morgan fingerprint density at radius 1 is 1.37 bits per heavy atom. The van der Waals surface area contributed by atoms with E-state index in [1.165, 1.54) is 10.5 Å². The van der Waals surface area contributed by atoms with Crippen molar-refractivity contribution in [2.24, 2.45) is 5.92 Å². The average molecular weight is 266 g/mol. The molecule has 2 atom stereocenters. The van der Waals surface area contributed by atoms with Crippen LogP contribution < -0.4 is 0 Å². The molecule has 2 aliphatic heterocycles. The van der Waals surface area contributed by atoms with Crippen molar-refractivity contribution < 1.29 is 14.7 Å². The summed E-state index contributed by atoms with van der Waals surface area (Å²) < 4.78 is 0. The average Bonchev–Trinajstić information content (AvgIpc) is 2.38. The van der Waals surface area contributed by atoms with Crippen LogP contribution in [0.5, 0.6) is 0 Å². The van der Waals surface area contributed by atoms with Crippen molar-refractivity contribution in [3.05, 3.63) is 11.6 Å². The molecule has 0 radical (unpaired) electrons. The highest BCUT2D eigenvalue weighted by Gasteiger charge is 2.36. The van der Waals surface area contributed by atoms with Gasteiger partial charge in [0, 0.05) is 19.6 Å². The van der Waals surface area contributed by atoms with Crippen LogP contribution in [0.25, 0.3) is 0 Å². The molecule has 0 aromatic carbocycles. The lowest BCUT2D eigenvalue weighted by molar-refractivity contribution is -0.144. The SMILES string of the molecule is CC1=CCN(C(=O)N2CCC(C)CC2C(=O)O)CC1. The maximum Gasteiger partial charge on any atom is 0.326 e. The van der Waals surface area contributed by atoms with E-state index in [9.17, 15) is 14.7 Å². The van der Waals surface area contributed by atoms with Crippen molar-refractivity contribution in [1.82, 2.24) is 9.80 Å². The lowest BCUT2D eigenvalue weighted by Crippen LogP contribution is -2.55. The summed E-state index contributed by atoms with van der Waals surface area (Å²) in [6.07, 6.45) is 4.37. The van der Waals surface area contributed by atoms with E-state index in [4.69, 9.17) is 0 Å². The van der Waals surface area contributed by atoms with E-state index in [0.29, 0.717) is 32.0 Å². The highest BCUT2D eigenvalue weighted by molar-refractivity contribution is 5.83. The van der Waals surface area contributed by atoms with E-state index < -0.39 is 12.0 Å². The third kappa shape index (κ3) is 3.08. The molecule has 1 N–H and O–H groups in total. The second kappa shape index (κ2) is 5.63. The molecular weight excluding hydrogens is 244 g/mol. The Kier molecular flexibility index (Phi) is 4.12. The van der Waals surface area contributed by atoms with Gasteiger partial charge in [-0.15, -0.1) is 0 Å². The fourth-order valence-corrected chi connectivity index (χ4v) is 2.73. The monoisotopic (exact) mass is 266 g/mol. The lowest BCUT2D eigenvalue weighted by atomic mass is 9.92. The zero-order valence-corrected chi connectivity index (χ0v) is 11.6. The fourth-order valence-electron chi connectivity index (χ4n) is 2.73. The molecule has 1 fully saturated rings. The van der Waals surface area contributed by atoms with Crippen LogP contribution in [-0.2, 0) is 4.79 Å².